The van der Waals surface area contributed by atoms with Crippen LogP contribution >= 0.6 is 33.8 Å². The Bertz CT molecular complexity index is 967. The third-order valence-electron chi connectivity index (χ3n) is 7.16. The number of unbranched alkanes of at least 4 members (excludes halogenated alkanes) is 1. The van der Waals surface area contributed by atoms with Crippen molar-refractivity contribution in [2.24, 2.45) is 0 Å². The molecule has 1 N–H and O–H groups in total. The summed E-state index contributed by atoms with van der Waals surface area (Å²) >= 11 is 5.80. The van der Waals surface area contributed by atoms with Gasteiger partial charge in [0, 0.05) is 34.8 Å². The van der Waals surface area contributed by atoms with Crippen LogP contribution in [0.15, 0.2) is 36.4 Å². The van der Waals surface area contributed by atoms with Crippen LogP contribution in [0.25, 0.3) is 11.1 Å². The molecule has 0 aromatic heterocycles. The third-order valence-corrected chi connectivity index (χ3v) is 10.5. The van der Waals surface area contributed by atoms with E-state index in [1.54, 1.807) is 11.1 Å². The average Bonchev–Trinajstić information content (AvgIpc) is 3.32. The fraction of sp³-hybridized carbons (Fsp3) is 0.519. The highest BCUT2D eigenvalue weighted by atomic mass is 33.1. The molecule has 2 unspecified atom stereocenters. The summed E-state index contributed by atoms with van der Waals surface area (Å²) in [6, 6.07) is 14.2. The summed E-state index contributed by atoms with van der Waals surface area (Å²) in [5.74, 6) is 1.33. The molecule has 32 heavy (non-hydrogen) atoms. The molecule has 0 amide bonds. The summed E-state index contributed by atoms with van der Waals surface area (Å²) < 4.78 is 0. The van der Waals surface area contributed by atoms with Crippen molar-refractivity contribution in [2.75, 3.05) is 24.2 Å². The molecular formula is C27H34N2S3. The number of nitrogens with zero attached hydrogens (tertiary/aromatic N) is 1. The van der Waals surface area contributed by atoms with E-state index in [0.29, 0.717) is 6.04 Å². The first-order chi connectivity index (χ1) is 15.7. The summed E-state index contributed by atoms with van der Waals surface area (Å²) in [6.07, 6.45) is 9.68. The first-order valence-electron chi connectivity index (χ1n) is 12.3. The van der Waals surface area contributed by atoms with Gasteiger partial charge < -0.3 is 5.32 Å². The molecule has 0 spiro atoms. The minimum Gasteiger partial charge on any atom is -0.350 e. The van der Waals surface area contributed by atoms with E-state index in [1.807, 2.05) is 10.8 Å². The number of nitrogens with one attached hydrogen (secondary N) is 1. The minimum absolute atomic E-state index is 0.524. The van der Waals surface area contributed by atoms with Gasteiger partial charge in [-0.3, -0.25) is 4.90 Å². The molecule has 1 saturated heterocycles. The zero-order valence-corrected chi connectivity index (χ0v) is 21.5. The second kappa shape index (κ2) is 10.5. The van der Waals surface area contributed by atoms with E-state index in [0.717, 1.165) is 23.1 Å². The lowest BCUT2D eigenvalue weighted by atomic mass is 9.76. The monoisotopic (exact) mass is 482 g/mol. The van der Waals surface area contributed by atoms with Gasteiger partial charge in [0.1, 0.15) is 0 Å². The standard InChI is InChI=1S/C27H34N2S3/c1-2-15-29-16-13-19-7-5-10-22-26-20(18-24(29)27(19)22)8-6-11-23(26)28-25(30)12-4-3-9-21-14-17-31-32-21/h5-8,10-11,21,24H,2-4,9,12-18H2,1H3,(H,28,30). The zero-order valence-electron chi connectivity index (χ0n) is 19.1. The Balaban J connectivity index is 1.32. The summed E-state index contributed by atoms with van der Waals surface area (Å²) in [5, 5.41) is 4.52. The minimum atomic E-state index is 0.524. The highest BCUT2D eigenvalue weighted by Gasteiger charge is 2.34. The van der Waals surface area contributed by atoms with Gasteiger partial charge in [-0.15, -0.1) is 0 Å². The second-order valence-corrected chi connectivity index (χ2v) is 12.6. The molecule has 1 fully saturated rings. The lowest BCUT2D eigenvalue weighted by Gasteiger charge is -2.42. The van der Waals surface area contributed by atoms with Gasteiger partial charge in [0.25, 0.3) is 0 Å². The van der Waals surface area contributed by atoms with Gasteiger partial charge in [0.15, 0.2) is 0 Å². The summed E-state index contributed by atoms with van der Waals surface area (Å²) in [7, 11) is 4.13. The molecule has 0 bridgehead atoms. The van der Waals surface area contributed by atoms with Crippen molar-refractivity contribution < 1.29 is 0 Å². The second-order valence-electron chi connectivity index (χ2n) is 9.35. The summed E-state index contributed by atoms with van der Waals surface area (Å²) in [4.78, 5) is 3.70. The molecule has 2 aromatic carbocycles. The van der Waals surface area contributed by atoms with Crippen molar-refractivity contribution in [1.29, 1.82) is 0 Å². The predicted octanol–water partition coefficient (Wildman–Crippen LogP) is 7.67. The van der Waals surface area contributed by atoms with Crippen molar-refractivity contribution >= 4 is 44.5 Å². The van der Waals surface area contributed by atoms with Crippen LogP contribution in [0.5, 0.6) is 0 Å². The molecule has 0 saturated carbocycles. The molecular weight excluding hydrogens is 449 g/mol. The van der Waals surface area contributed by atoms with E-state index in [2.05, 4.69) is 64.3 Å². The van der Waals surface area contributed by atoms with Crippen LogP contribution < -0.4 is 5.32 Å². The van der Waals surface area contributed by atoms with Gasteiger partial charge in [-0.2, -0.15) is 0 Å². The smallest absolute Gasteiger partial charge is 0.0797 e. The van der Waals surface area contributed by atoms with Crippen molar-refractivity contribution in [2.45, 2.75) is 69.6 Å². The molecule has 0 radical (unpaired) electrons. The highest BCUT2D eigenvalue weighted by molar-refractivity contribution is 8.77. The van der Waals surface area contributed by atoms with Crippen molar-refractivity contribution in [1.82, 2.24) is 4.90 Å². The lowest BCUT2D eigenvalue weighted by molar-refractivity contribution is 0.183. The van der Waals surface area contributed by atoms with E-state index in [9.17, 15) is 0 Å². The Morgan fingerprint density at radius 1 is 1.16 bits per heavy atom. The van der Waals surface area contributed by atoms with Crippen LogP contribution in [0, 0.1) is 0 Å². The molecule has 2 aromatic rings. The number of benzene rings is 2. The summed E-state index contributed by atoms with van der Waals surface area (Å²) in [5.41, 5.74) is 8.61. The Hall–Kier alpha value is -1.01. The molecule has 5 rings (SSSR count). The van der Waals surface area contributed by atoms with Crippen LogP contribution in [-0.4, -0.2) is 34.0 Å². The van der Waals surface area contributed by atoms with E-state index < -0.39 is 0 Å². The van der Waals surface area contributed by atoms with Crippen molar-refractivity contribution in [3.05, 3.63) is 53.1 Å². The molecule has 2 heterocycles. The lowest BCUT2D eigenvalue weighted by Crippen LogP contribution is -2.38. The van der Waals surface area contributed by atoms with Gasteiger partial charge in [0.2, 0.25) is 0 Å². The van der Waals surface area contributed by atoms with Crippen LogP contribution in [-0.2, 0) is 12.8 Å². The summed E-state index contributed by atoms with van der Waals surface area (Å²) in [6.45, 7) is 4.67. The first kappa shape index (κ1) is 22.8. The quantitative estimate of drug-likeness (QED) is 0.235. The SMILES string of the molecule is CCCN1CCc2cccc3c2C1Cc1cccc(NC(=S)CCCCC2CCSS2)c1-3. The Kier molecular flexibility index (Phi) is 7.47. The number of hydrogen-bond donors (Lipinski definition) is 1. The maximum Gasteiger partial charge on any atom is 0.0797 e. The molecule has 2 atom stereocenters. The fourth-order valence-electron chi connectivity index (χ4n) is 5.67. The maximum absolute atomic E-state index is 5.80. The van der Waals surface area contributed by atoms with E-state index in [-0.39, 0.29) is 0 Å². The van der Waals surface area contributed by atoms with Gasteiger partial charge in [0.05, 0.1) is 4.99 Å². The molecule has 1 aliphatic carbocycles. The molecule has 2 nitrogen and oxygen atoms in total. The average molecular weight is 483 g/mol. The van der Waals surface area contributed by atoms with Gasteiger partial charge >= 0.3 is 0 Å². The van der Waals surface area contributed by atoms with Crippen LogP contribution in [0.1, 0.15) is 68.2 Å². The molecule has 170 valence electrons. The molecule has 3 aliphatic rings. The normalized spacial score (nSPS) is 21.8. The van der Waals surface area contributed by atoms with Gasteiger partial charge in [-0.1, -0.05) is 77.5 Å². The van der Waals surface area contributed by atoms with Crippen LogP contribution in [0.2, 0.25) is 0 Å². The Morgan fingerprint density at radius 2 is 2.03 bits per heavy atom. The maximum atomic E-state index is 5.80. The number of anilines is 1. The number of hydrogen-bond acceptors (Lipinski definition) is 4. The largest absolute Gasteiger partial charge is 0.350 e. The number of fused-ring (bicyclic) bond motifs is 2. The third kappa shape index (κ3) is 4.77. The number of thiocarbonyl (C=S) groups is 1. The Labute approximate surface area is 206 Å². The topological polar surface area (TPSA) is 15.3 Å². The van der Waals surface area contributed by atoms with Crippen molar-refractivity contribution in [3.63, 3.8) is 0 Å². The van der Waals surface area contributed by atoms with Crippen LogP contribution in [0.3, 0.4) is 0 Å². The van der Waals surface area contributed by atoms with Gasteiger partial charge in [-0.25, -0.2) is 0 Å². The molecule has 5 heteroatoms. The Morgan fingerprint density at radius 3 is 2.88 bits per heavy atom. The first-order valence-corrected chi connectivity index (χ1v) is 15.1. The fourth-order valence-corrected chi connectivity index (χ4v) is 8.95. The van der Waals surface area contributed by atoms with Crippen LogP contribution in [0.4, 0.5) is 5.69 Å². The van der Waals surface area contributed by atoms with E-state index >= 15 is 0 Å². The number of rotatable bonds is 8. The zero-order chi connectivity index (χ0) is 21.9. The van der Waals surface area contributed by atoms with E-state index in [1.165, 1.54) is 79.7 Å². The highest BCUT2D eigenvalue weighted by Crippen LogP contribution is 2.47. The predicted molar refractivity (Wildman–Crippen MR) is 147 cm³/mol. The van der Waals surface area contributed by atoms with Crippen molar-refractivity contribution in [3.8, 4) is 11.1 Å². The molecule has 2 aliphatic heterocycles. The van der Waals surface area contributed by atoms with Gasteiger partial charge in [-0.05, 0) is 79.8 Å². The van der Waals surface area contributed by atoms with E-state index in [4.69, 9.17) is 12.2 Å².